The van der Waals surface area contributed by atoms with E-state index in [1.807, 2.05) is 63.2 Å². The number of aliphatic hydroxyl groups is 1. The molecule has 0 saturated carbocycles. The number of carbonyl (C=O) groups excluding carboxylic acids is 2. The number of benzene rings is 2. The molecule has 0 aromatic heterocycles. The largest absolute Gasteiger partial charge is 0.507 e. The number of hydrogen-bond acceptors (Lipinski definition) is 5. The molecule has 0 bridgehead atoms. The predicted molar refractivity (Wildman–Crippen MR) is 131 cm³/mol. The number of ketones is 1. The van der Waals surface area contributed by atoms with Gasteiger partial charge in [-0.25, -0.2) is 0 Å². The second-order valence-corrected chi connectivity index (χ2v) is 9.25. The predicted octanol–water partition coefficient (Wildman–Crippen LogP) is 4.42. The molecular weight excluding hydrogens is 416 g/mol. The summed E-state index contributed by atoms with van der Waals surface area (Å²) in [5.41, 5.74) is 4.24. The van der Waals surface area contributed by atoms with E-state index < -0.39 is 17.7 Å². The Bertz CT molecular complexity index is 1080. The summed E-state index contributed by atoms with van der Waals surface area (Å²) in [5, 5.41) is 11.4. The minimum absolute atomic E-state index is 0.128. The van der Waals surface area contributed by atoms with Crippen LogP contribution in [0.5, 0.6) is 5.75 Å². The van der Waals surface area contributed by atoms with Gasteiger partial charge in [-0.05, 0) is 68.2 Å². The van der Waals surface area contributed by atoms with Gasteiger partial charge in [0.25, 0.3) is 11.7 Å². The Morgan fingerprint density at radius 3 is 2.27 bits per heavy atom. The van der Waals surface area contributed by atoms with Crippen LogP contribution in [-0.4, -0.2) is 60.9 Å². The number of ether oxygens (including phenoxy) is 1. The lowest BCUT2D eigenvalue weighted by Crippen LogP contribution is -2.35. The van der Waals surface area contributed by atoms with Crippen molar-refractivity contribution in [3.8, 4) is 5.75 Å². The molecule has 6 nitrogen and oxygen atoms in total. The van der Waals surface area contributed by atoms with E-state index in [0.717, 1.165) is 16.7 Å². The van der Waals surface area contributed by atoms with Gasteiger partial charge in [-0.3, -0.25) is 9.59 Å². The van der Waals surface area contributed by atoms with Gasteiger partial charge in [-0.2, -0.15) is 0 Å². The number of likely N-dealkylation sites (N-methyl/N-ethyl adjacent to an activating group) is 1. The Labute approximate surface area is 196 Å². The van der Waals surface area contributed by atoms with Gasteiger partial charge in [-0.1, -0.05) is 38.1 Å². The molecule has 1 amide bonds. The quantitative estimate of drug-likeness (QED) is 0.384. The Kier molecular flexibility index (Phi) is 7.28. The van der Waals surface area contributed by atoms with Crippen LogP contribution in [0.1, 0.15) is 53.6 Å². The normalized spacial score (nSPS) is 18.0. The molecule has 1 N–H and O–H groups in total. The summed E-state index contributed by atoms with van der Waals surface area (Å²) in [5.74, 6) is -0.321. The van der Waals surface area contributed by atoms with Crippen LogP contribution >= 0.6 is 0 Å². The number of likely N-dealkylation sites (tertiary alicyclic amines) is 1. The summed E-state index contributed by atoms with van der Waals surface area (Å²) in [4.78, 5) is 29.8. The second kappa shape index (κ2) is 9.79. The fourth-order valence-electron chi connectivity index (χ4n) is 4.24. The highest BCUT2D eigenvalue weighted by atomic mass is 16.5. The Morgan fingerprint density at radius 1 is 1.09 bits per heavy atom. The van der Waals surface area contributed by atoms with Crippen molar-refractivity contribution in [3.63, 3.8) is 0 Å². The van der Waals surface area contributed by atoms with Crippen LogP contribution in [0, 0.1) is 13.8 Å². The van der Waals surface area contributed by atoms with E-state index >= 15 is 0 Å². The monoisotopic (exact) mass is 450 g/mol. The van der Waals surface area contributed by atoms with Gasteiger partial charge < -0.3 is 19.6 Å². The number of Topliss-reactive ketones (excluding diaryl/α,β-unsaturated/α-hetero) is 1. The molecule has 33 heavy (non-hydrogen) atoms. The summed E-state index contributed by atoms with van der Waals surface area (Å²) in [6.07, 6.45) is 0. The van der Waals surface area contributed by atoms with Crippen molar-refractivity contribution in [1.29, 1.82) is 0 Å². The van der Waals surface area contributed by atoms with Gasteiger partial charge in [0.05, 0.1) is 18.7 Å². The van der Waals surface area contributed by atoms with Crippen molar-refractivity contribution >= 4 is 17.4 Å². The molecule has 0 spiro atoms. The molecule has 1 saturated heterocycles. The molecule has 0 aliphatic carbocycles. The molecule has 1 unspecified atom stereocenters. The first-order chi connectivity index (χ1) is 15.6. The minimum Gasteiger partial charge on any atom is -0.507 e. The maximum atomic E-state index is 13.2. The van der Waals surface area contributed by atoms with Gasteiger partial charge in [0, 0.05) is 18.7 Å². The molecule has 176 valence electrons. The summed E-state index contributed by atoms with van der Waals surface area (Å²) in [6, 6.07) is 10.9. The number of methoxy groups -OCH3 is 1. The maximum absolute atomic E-state index is 13.2. The Balaban J connectivity index is 2.19. The van der Waals surface area contributed by atoms with Gasteiger partial charge in [0.1, 0.15) is 11.5 Å². The molecule has 0 radical (unpaired) electrons. The first-order valence-corrected chi connectivity index (χ1v) is 11.2. The van der Waals surface area contributed by atoms with Crippen molar-refractivity contribution < 1.29 is 19.4 Å². The van der Waals surface area contributed by atoms with E-state index in [1.165, 1.54) is 5.56 Å². The minimum atomic E-state index is -0.655. The van der Waals surface area contributed by atoms with Crippen molar-refractivity contribution in [2.45, 2.75) is 39.7 Å². The number of aryl methyl sites for hydroxylation is 2. The van der Waals surface area contributed by atoms with E-state index in [4.69, 9.17) is 4.74 Å². The highest BCUT2D eigenvalue weighted by Gasteiger charge is 2.46. The number of hydrogen-bond donors (Lipinski definition) is 1. The molecular formula is C27H34N2O4. The zero-order valence-electron chi connectivity index (χ0n) is 20.6. The molecule has 1 aliphatic rings. The number of nitrogens with zero attached hydrogens (tertiary/aromatic N) is 2. The molecule has 1 fully saturated rings. The van der Waals surface area contributed by atoms with Crippen LogP contribution in [0.2, 0.25) is 0 Å². The lowest BCUT2D eigenvalue weighted by molar-refractivity contribution is -0.140. The molecule has 1 aliphatic heterocycles. The highest BCUT2D eigenvalue weighted by Crippen LogP contribution is 2.40. The van der Waals surface area contributed by atoms with E-state index in [9.17, 15) is 14.7 Å². The van der Waals surface area contributed by atoms with E-state index in [-0.39, 0.29) is 11.3 Å². The van der Waals surface area contributed by atoms with Crippen LogP contribution in [0.15, 0.2) is 42.0 Å². The smallest absolute Gasteiger partial charge is 0.295 e. The Morgan fingerprint density at radius 2 is 1.73 bits per heavy atom. The van der Waals surface area contributed by atoms with Crippen molar-refractivity contribution in [3.05, 3.63) is 69.8 Å². The lowest BCUT2D eigenvalue weighted by atomic mass is 9.91. The maximum Gasteiger partial charge on any atom is 0.295 e. The fraction of sp³-hybridized carbons (Fsp3) is 0.407. The van der Waals surface area contributed by atoms with Crippen molar-refractivity contribution in [2.75, 3.05) is 34.3 Å². The topological polar surface area (TPSA) is 70.1 Å². The fourth-order valence-corrected chi connectivity index (χ4v) is 4.24. The van der Waals surface area contributed by atoms with Crippen LogP contribution in [0.3, 0.4) is 0 Å². The van der Waals surface area contributed by atoms with E-state index in [1.54, 1.807) is 18.1 Å². The SMILES string of the molecule is COc1cc(C)c(/C(O)=C2\C(=O)C(=O)N(CCN(C)C)C2c2ccc(C(C)C)cc2)cc1C. The molecule has 1 atom stereocenters. The van der Waals surface area contributed by atoms with Crippen LogP contribution < -0.4 is 4.74 Å². The summed E-state index contributed by atoms with van der Waals surface area (Å²) in [7, 11) is 5.44. The van der Waals surface area contributed by atoms with Gasteiger partial charge >= 0.3 is 0 Å². The number of carbonyl (C=O) groups is 2. The van der Waals surface area contributed by atoms with Crippen LogP contribution in [0.25, 0.3) is 5.76 Å². The standard InChI is InChI=1S/C27H34N2O4/c1-16(2)19-8-10-20(11-9-19)24-23(26(31)27(32)29(24)13-12-28(5)6)25(30)21-14-18(4)22(33-7)15-17(21)3/h8-11,14-16,24,30H,12-13H2,1-7H3/b25-23+. The number of rotatable bonds is 7. The molecule has 2 aromatic rings. The van der Waals surface area contributed by atoms with Gasteiger partial charge in [0.2, 0.25) is 0 Å². The summed E-state index contributed by atoms with van der Waals surface area (Å²) >= 11 is 0. The summed E-state index contributed by atoms with van der Waals surface area (Å²) in [6.45, 7) is 8.96. The van der Waals surface area contributed by atoms with Crippen LogP contribution in [-0.2, 0) is 9.59 Å². The third kappa shape index (κ3) is 4.81. The highest BCUT2D eigenvalue weighted by molar-refractivity contribution is 6.46. The van der Waals surface area contributed by atoms with E-state index in [2.05, 4.69) is 13.8 Å². The van der Waals surface area contributed by atoms with Gasteiger partial charge in [0.15, 0.2) is 0 Å². The van der Waals surface area contributed by atoms with E-state index in [0.29, 0.717) is 30.3 Å². The second-order valence-electron chi connectivity index (χ2n) is 9.25. The average molecular weight is 451 g/mol. The van der Waals surface area contributed by atoms with Crippen molar-refractivity contribution in [1.82, 2.24) is 9.80 Å². The molecule has 3 rings (SSSR count). The zero-order chi connectivity index (χ0) is 24.4. The number of aliphatic hydroxyl groups excluding tert-OH is 1. The Hall–Kier alpha value is -3.12. The third-order valence-electron chi connectivity index (χ3n) is 6.24. The first-order valence-electron chi connectivity index (χ1n) is 11.2. The zero-order valence-corrected chi connectivity index (χ0v) is 20.6. The van der Waals surface area contributed by atoms with Crippen molar-refractivity contribution in [2.24, 2.45) is 0 Å². The average Bonchev–Trinajstić information content (AvgIpc) is 3.03. The third-order valence-corrected chi connectivity index (χ3v) is 6.24. The van der Waals surface area contributed by atoms with Gasteiger partial charge in [-0.15, -0.1) is 0 Å². The summed E-state index contributed by atoms with van der Waals surface area (Å²) < 4.78 is 5.38. The first kappa shape index (κ1) is 24.5. The molecule has 2 aromatic carbocycles. The number of amides is 1. The lowest BCUT2D eigenvalue weighted by Gasteiger charge is -2.27. The molecule has 6 heteroatoms. The van der Waals surface area contributed by atoms with Crippen LogP contribution in [0.4, 0.5) is 0 Å². The molecule has 1 heterocycles.